The molecule has 77 heavy (non-hydrogen) atoms. The van der Waals surface area contributed by atoms with Crippen LogP contribution >= 0.6 is 11.6 Å². The second-order valence-electron chi connectivity index (χ2n) is 21.4. The normalized spacial score (nSPS) is 24.2. The number of likely N-dealkylation sites (N-methyl/N-ethyl adjacent to an activating group) is 3. The molecule has 0 bridgehead atoms. The van der Waals surface area contributed by atoms with Crippen molar-refractivity contribution in [3.8, 4) is 11.1 Å². The predicted molar refractivity (Wildman–Crippen MR) is 274 cm³/mol. The first kappa shape index (κ1) is 60.6. The lowest BCUT2D eigenvalue weighted by Gasteiger charge is -2.48. The number of hydrogen-bond donors (Lipinski definition) is 2. The number of esters is 1. The van der Waals surface area contributed by atoms with Crippen LogP contribution in [0.4, 0.5) is 32.0 Å². The number of nitrogens with zero attached hydrogens (tertiary/aromatic N) is 5. The van der Waals surface area contributed by atoms with Crippen molar-refractivity contribution in [2.75, 3.05) is 72.5 Å². The van der Waals surface area contributed by atoms with Crippen molar-refractivity contribution in [2.45, 2.75) is 146 Å². The van der Waals surface area contributed by atoms with E-state index < -0.39 is 128 Å². The number of nitrogens with one attached hydrogen (secondary N) is 2. The molecule has 426 valence electrons. The van der Waals surface area contributed by atoms with Gasteiger partial charge in [0.05, 0.1) is 26.9 Å². The van der Waals surface area contributed by atoms with Crippen molar-refractivity contribution in [2.24, 2.45) is 11.3 Å². The zero-order chi connectivity index (χ0) is 56.6. The summed E-state index contributed by atoms with van der Waals surface area (Å²) in [6, 6.07) is 6.13. The molecule has 0 aromatic heterocycles. The molecule has 1 saturated carbocycles. The first-order valence-corrected chi connectivity index (χ1v) is 26.7. The van der Waals surface area contributed by atoms with Gasteiger partial charge in [-0.2, -0.15) is 13.2 Å². The van der Waals surface area contributed by atoms with Crippen molar-refractivity contribution in [1.29, 1.82) is 0 Å². The lowest BCUT2D eigenvalue weighted by molar-refractivity contribution is -0.299. The van der Waals surface area contributed by atoms with Gasteiger partial charge in [-0.3, -0.25) is 33.6 Å². The first-order chi connectivity index (χ1) is 36.3. The molecule has 2 aromatic rings. The zero-order valence-corrected chi connectivity index (χ0v) is 45.3. The van der Waals surface area contributed by atoms with Crippen LogP contribution in [-0.2, 0) is 49.5 Å². The average Bonchev–Trinajstić information content (AvgIpc) is 3.91. The van der Waals surface area contributed by atoms with Crippen molar-refractivity contribution in [3.63, 3.8) is 0 Å². The SMILES string of the molecule is COC(=O)CC[C@H](NC(=O)[C@@H]1C[C@@H](F)CN1C(=O)C1(C(F)(F)F)CC(F)(F)C1)C(=O)N(C)[C@H]1CCCCCCCN(C)C(=O)[C@H](Cc2cc(Cl)ccc2-c2ccc(N3CCOCC3)cc2)N(C)C(=O)[C@H](CC(C)C)NC1=O. The molecule has 6 rings (SSSR count). The Bertz CT molecular complexity index is 2440. The number of halogens is 7. The standard InChI is InChI=1S/C54H72ClF6N7O9/c1-33(2)26-41-49(73)66(5)44(28-35-27-36(55)15-18-39(35)34-13-16-38(17-14-34)67-22-24-77-25-23-67)50(74)64(3)21-11-9-7-8-10-12-42(46(70)63-41)65(4)48(72)40(19-20-45(69)76-6)62-47(71)43-29-37(56)30-68(43)51(75)52(54(59,60)61)31-53(57,58)32-52/h13-18,27,33,37,40-44H,7-12,19-26,28-32H2,1-6H3,(H,62,71)(H,63,70)/t37-,40+,41+,42+,43+,44+/m1/s1. The summed E-state index contributed by atoms with van der Waals surface area (Å²) in [5.74, 6) is -10.7. The predicted octanol–water partition coefficient (Wildman–Crippen LogP) is 6.74. The molecule has 3 aliphatic heterocycles. The highest BCUT2D eigenvalue weighted by Crippen LogP contribution is 2.61. The third-order valence-corrected chi connectivity index (χ3v) is 15.5. The smallest absolute Gasteiger partial charge is 0.403 e. The molecule has 6 amide bonds. The van der Waals surface area contributed by atoms with Gasteiger partial charge in [-0.25, -0.2) is 13.2 Å². The van der Waals surface area contributed by atoms with Gasteiger partial charge in [0, 0.05) is 83.6 Å². The van der Waals surface area contributed by atoms with E-state index in [0.29, 0.717) is 62.4 Å². The highest BCUT2D eigenvalue weighted by molar-refractivity contribution is 6.30. The fourth-order valence-electron chi connectivity index (χ4n) is 10.9. The summed E-state index contributed by atoms with van der Waals surface area (Å²) in [6.07, 6.45) is -9.89. The first-order valence-electron chi connectivity index (χ1n) is 26.3. The van der Waals surface area contributed by atoms with E-state index in [4.69, 9.17) is 21.1 Å². The number of morpholine rings is 1. The summed E-state index contributed by atoms with van der Waals surface area (Å²) < 4.78 is 96.2. The Morgan fingerprint density at radius 2 is 1.58 bits per heavy atom. The number of alkyl halides is 6. The maximum atomic E-state index is 15.0. The van der Waals surface area contributed by atoms with Crippen LogP contribution in [0.25, 0.3) is 11.1 Å². The zero-order valence-electron chi connectivity index (χ0n) is 44.6. The molecule has 16 nitrogen and oxygen atoms in total. The number of anilines is 1. The average molecular weight is 1110 g/mol. The Balaban J connectivity index is 1.27. The van der Waals surface area contributed by atoms with Crippen LogP contribution in [0.3, 0.4) is 0 Å². The minimum absolute atomic E-state index is 0.0469. The second-order valence-corrected chi connectivity index (χ2v) is 21.8. The number of rotatable bonds is 14. The number of carbonyl (C=O) groups is 7. The van der Waals surface area contributed by atoms with Gasteiger partial charge < -0.3 is 44.6 Å². The molecule has 3 saturated heterocycles. The molecule has 4 aliphatic rings. The third-order valence-electron chi connectivity index (χ3n) is 15.3. The minimum atomic E-state index is -5.46. The Morgan fingerprint density at radius 1 is 0.935 bits per heavy atom. The number of benzene rings is 2. The van der Waals surface area contributed by atoms with Gasteiger partial charge in [-0.1, -0.05) is 69.3 Å². The Kier molecular flexibility index (Phi) is 20.4. The van der Waals surface area contributed by atoms with Crippen LogP contribution in [0.5, 0.6) is 0 Å². The van der Waals surface area contributed by atoms with Crippen LogP contribution in [0.1, 0.15) is 96.5 Å². The molecule has 0 spiro atoms. The van der Waals surface area contributed by atoms with Crippen molar-refractivity contribution >= 4 is 58.7 Å². The highest BCUT2D eigenvalue weighted by atomic mass is 35.5. The Labute approximate surface area is 450 Å². The molecule has 2 N–H and O–H groups in total. The molecule has 4 fully saturated rings. The number of likely N-dealkylation sites (tertiary alicyclic amines) is 1. The molecule has 23 heteroatoms. The highest BCUT2D eigenvalue weighted by Gasteiger charge is 2.75. The maximum Gasteiger partial charge on any atom is 0.403 e. The summed E-state index contributed by atoms with van der Waals surface area (Å²) in [5, 5.41) is 5.64. The van der Waals surface area contributed by atoms with Crippen LogP contribution in [0.15, 0.2) is 42.5 Å². The van der Waals surface area contributed by atoms with Gasteiger partial charge in [0.2, 0.25) is 35.4 Å². The lowest BCUT2D eigenvalue weighted by atomic mass is 9.64. The molecular formula is C54H72ClF6N7O9. The van der Waals surface area contributed by atoms with Gasteiger partial charge >= 0.3 is 12.1 Å². The van der Waals surface area contributed by atoms with Gasteiger partial charge in [-0.15, -0.1) is 0 Å². The van der Waals surface area contributed by atoms with E-state index in [2.05, 4.69) is 15.5 Å². The van der Waals surface area contributed by atoms with Crippen molar-refractivity contribution in [3.05, 3.63) is 53.1 Å². The topological polar surface area (TPSA) is 178 Å². The molecule has 0 unspecified atom stereocenters. The minimum Gasteiger partial charge on any atom is -0.469 e. The van der Waals surface area contributed by atoms with E-state index in [0.717, 1.165) is 41.9 Å². The Hall–Kier alpha value is -5.64. The number of hydrogen-bond acceptors (Lipinski definition) is 10. The van der Waals surface area contributed by atoms with Gasteiger partial charge in [0.25, 0.3) is 5.92 Å². The van der Waals surface area contributed by atoms with E-state index in [9.17, 15) is 55.5 Å². The molecule has 6 atom stereocenters. The van der Waals surface area contributed by atoms with Crippen LogP contribution in [0.2, 0.25) is 5.02 Å². The molecule has 2 aromatic carbocycles. The van der Waals surface area contributed by atoms with E-state index in [1.807, 2.05) is 44.2 Å². The summed E-state index contributed by atoms with van der Waals surface area (Å²) in [5.41, 5.74) is -0.181. The third kappa shape index (κ3) is 14.7. The fourth-order valence-corrected chi connectivity index (χ4v) is 11.0. The Morgan fingerprint density at radius 3 is 2.21 bits per heavy atom. The fraction of sp³-hybridized carbons (Fsp3) is 0.648. The monoisotopic (exact) mass is 1110 g/mol. The molecular weight excluding hydrogens is 1040 g/mol. The molecule has 1 aliphatic carbocycles. The maximum absolute atomic E-state index is 15.0. The van der Waals surface area contributed by atoms with Gasteiger partial charge in [-0.05, 0) is 72.6 Å². The summed E-state index contributed by atoms with van der Waals surface area (Å²) >= 11 is 6.63. The van der Waals surface area contributed by atoms with E-state index in [1.54, 1.807) is 24.1 Å². The summed E-state index contributed by atoms with van der Waals surface area (Å²) in [7, 11) is 5.53. The quantitative estimate of drug-likeness (QED) is 0.152. The number of carbonyl (C=O) groups excluding carboxylic acids is 7. The van der Waals surface area contributed by atoms with Crippen molar-refractivity contribution in [1.82, 2.24) is 30.2 Å². The van der Waals surface area contributed by atoms with Crippen molar-refractivity contribution < 1.29 is 69.4 Å². The van der Waals surface area contributed by atoms with Gasteiger partial charge in [0.15, 0.2) is 5.41 Å². The number of methoxy groups -OCH3 is 1. The molecule has 0 radical (unpaired) electrons. The van der Waals surface area contributed by atoms with Crippen LogP contribution < -0.4 is 15.5 Å². The van der Waals surface area contributed by atoms with Crippen LogP contribution in [-0.4, -0.2) is 177 Å². The van der Waals surface area contributed by atoms with E-state index in [-0.39, 0.29) is 36.0 Å². The summed E-state index contributed by atoms with van der Waals surface area (Å²) in [4.78, 5) is 105. The second kappa shape index (κ2) is 25.9. The number of amides is 6. The number of ether oxygens (including phenoxy) is 2. The van der Waals surface area contributed by atoms with Crippen LogP contribution in [0, 0.1) is 11.3 Å². The largest absolute Gasteiger partial charge is 0.469 e. The van der Waals surface area contributed by atoms with E-state index >= 15 is 4.39 Å². The molecule has 3 heterocycles. The summed E-state index contributed by atoms with van der Waals surface area (Å²) in [6.45, 7) is 5.81. The lowest BCUT2D eigenvalue weighted by Crippen LogP contribution is -2.65. The van der Waals surface area contributed by atoms with Gasteiger partial charge in [0.1, 0.15) is 36.4 Å². The van der Waals surface area contributed by atoms with E-state index in [1.165, 1.54) is 19.0 Å².